The minimum atomic E-state index is -0.847. The third-order valence-corrected chi connectivity index (χ3v) is 1.82. The smallest absolute Gasteiger partial charge is 0.294 e. The number of unbranched alkanes of at least 4 members (excludes halogenated alkanes) is 3. The standard InChI is InChI=1S/C8H17NO4/c1-2-3-4-5-6-8(7-10)13-9(11)12/h8,10H,2-7H2,1H3. The summed E-state index contributed by atoms with van der Waals surface area (Å²) in [5, 5.41) is 17.8. The summed E-state index contributed by atoms with van der Waals surface area (Å²) in [7, 11) is 0. The highest BCUT2D eigenvalue weighted by Crippen LogP contribution is 2.07. The van der Waals surface area contributed by atoms with Crippen molar-refractivity contribution in [1.82, 2.24) is 0 Å². The van der Waals surface area contributed by atoms with E-state index in [1.165, 1.54) is 0 Å². The van der Waals surface area contributed by atoms with Crippen molar-refractivity contribution < 1.29 is 15.0 Å². The van der Waals surface area contributed by atoms with Crippen molar-refractivity contribution in [3.05, 3.63) is 10.1 Å². The highest BCUT2D eigenvalue weighted by Gasteiger charge is 2.10. The van der Waals surface area contributed by atoms with Gasteiger partial charge in [-0.2, -0.15) is 0 Å². The second-order valence-electron chi connectivity index (χ2n) is 2.98. The number of aliphatic hydroxyl groups is 1. The lowest BCUT2D eigenvalue weighted by atomic mass is 10.1. The molecule has 0 aliphatic rings. The molecule has 0 aromatic carbocycles. The Morgan fingerprint density at radius 3 is 2.62 bits per heavy atom. The van der Waals surface area contributed by atoms with Gasteiger partial charge >= 0.3 is 0 Å². The monoisotopic (exact) mass is 191 g/mol. The van der Waals surface area contributed by atoms with Crippen LogP contribution in [0.4, 0.5) is 0 Å². The van der Waals surface area contributed by atoms with Crippen LogP contribution in [0.15, 0.2) is 0 Å². The molecule has 0 aromatic heterocycles. The number of rotatable bonds is 8. The summed E-state index contributed by atoms with van der Waals surface area (Å²) in [6.07, 6.45) is 4.06. The van der Waals surface area contributed by atoms with Gasteiger partial charge in [-0.15, -0.1) is 10.1 Å². The van der Waals surface area contributed by atoms with Crippen molar-refractivity contribution in [3.8, 4) is 0 Å². The van der Waals surface area contributed by atoms with E-state index in [1.54, 1.807) is 0 Å². The maximum atomic E-state index is 9.93. The van der Waals surface area contributed by atoms with Gasteiger partial charge in [-0.05, 0) is 6.42 Å². The van der Waals surface area contributed by atoms with Gasteiger partial charge in [-0.3, -0.25) is 0 Å². The summed E-state index contributed by atoms with van der Waals surface area (Å²) in [4.78, 5) is 14.2. The van der Waals surface area contributed by atoms with E-state index in [9.17, 15) is 10.1 Å². The van der Waals surface area contributed by atoms with Gasteiger partial charge in [0, 0.05) is 0 Å². The summed E-state index contributed by atoms with van der Waals surface area (Å²) in [5.74, 6) is 0. The fraction of sp³-hybridized carbons (Fsp3) is 1.00. The van der Waals surface area contributed by atoms with E-state index in [-0.39, 0.29) is 6.61 Å². The molecule has 0 aliphatic carbocycles. The van der Waals surface area contributed by atoms with Crippen molar-refractivity contribution >= 4 is 0 Å². The number of nitrogens with zero attached hydrogens (tertiary/aromatic N) is 1. The Morgan fingerprint density at radius 2 is 2.15 bits per heavy atom. The average molecular weight is 191 g/mol. The molecule has 0 saturated carbocycles. The van der Waals surface area contributed by atoms with Crippen LogP contribution < -0.4 is 0 Å². The molecule has 1 N–H and O–H groups in total. The van der Waals surface area contributed by atoms with Crippen molar-refractivity contribution in [2.75, 3.05) is 6.61 Å². The van der Waals surface area contributed by atoms with Crippen LogP contribution in [-0.4, -0.2) is 22.9 Å². The highest BCUT2D eigenvalue weighted by molar-refractivity contribution is 4.53. The van der Waals surface area contributed by atoms with Gasteiger partial charge in [0.05, 0.1) is 6.61 Å². The first-order chi connectivity index (χ1) is 6.20. The fourth-order valence-electron chi connectivity index (χ4n) is 1.10. The van der Waals surface area contributed by atoms with Crippen LogP contribution in [0.2, 0.25) is 0 Å². The molecular formula is C8H17NO4. The summed E-state index contributed by atoms with van der Waals surface area (Å²) in [6, 6.07) is 0. The second kappa shape index (κ2) is 7.79. The van der Waals surface area contributed by atoms with Crippen LogP contribution in [0, 0.1) is 10.1 Å². The molecule has 0 amide bonds. The third-order valence-electron chi connectivity index (χ3n) is 1.82. The Labute approximate surface area is 77.8 Å². The van der Waals surface area contributed by atoms with E-state index in [1.807, 2.05) is 0 Å². The number of aliphatic hydroxyl groups excluding tert-OH is 1. The zero-order valence-corrected chi connectivity index (χ0v) is 7.94. The predicted molar refractivity (Wildman–Crippen MR) is 47.7 cm³/mol. The normalized spacial score (nSPS) is 12.5. The zero-order chi connectivity index (χ0) is 10.1. The largest absolute Gasteiger partial charge is 0.394 e. The lowest BCUT2D eigenvalue weighted by Gasteiger charge is -2.10. The molecule has 5 heteroatoms. The maximum Gasteiger partial charge on any atom is 0.294 e. The maximum absolute atomic E-state index is 9.93. The fourth-order valence-corrected chi connectivity index (χ4v) is 1.10. The Kier molecular flexibility index (Phi) is 7.29. The first-order valence-corrected chi connectivity index (χ1v) is 4.62. The lowest BCUT2D eigenvalue weighted by Crippen LogP contribution is -2.20. The Balaban J connectivity index is 3.42. The molecule has 5 nitrogen and oxygen atoms in total. The number of hydrogen-bond acceptors (Lipinski definition) is 4. The van der Waals surface area contributed by atoms with Crippen LogP contribution in [0.3, 0.4) is 0 Å². The Hall–Kier alpha value is -0.840. The van der Waals surface area contributed by atoms with Gasteiger partial charge in [-0.1, -0.05) is 32.6 Å². The summed E-state index contributed by atoms with van der Waals surface area (Å²) >= 11 is 0. The molecule has 0 radical (unpaired) electrons. The van der Waals surface area contributed by atoms with Crippen LogP contribution in [-0.2, 0) is 4.84 Å². The molecule has 0 aliphatic heterocycles. The molecule has 0 bridgehead atoms. The number of hydrogen-bond donors (Lipinski definition) is 1. The van der Waals surface area contributed by atoms with Crippen LogP contribution in [0.25, 0.3) is 0 Å². The van der Waals surface area contributed by atoms with Gasteiger partial charge in [0.25, 0.3) is 5.09 Å². The quantitative estimate of drug-likeness (QED) is 0.358. The van der Waals surface area contributed by atoms with E-state index in [0.29, 0.717) is 6.42 Å². The van der Waals surface area contributed by atoms with Gasteiger partial charge in [0.1, 0.15) is 6.10 Å². The van der Waals surface area contributed by atoms with Crippen molar-refractivity contribution in [3.63, 3.8) is 0 Å². The molecule has 13 heavy (non-hydrogen) atoms. The molecule has 0 saturated heterocycles. The molecule has 0 heterocycles. The molecule has 78 valence electrons. The van der Waals surface area contributed by atoms with Crippen LogP contribution in [0.5, 0.6) is 0 Å². The Morgan fingerprint density at radius 1 is 1.46 bits per heavy atom. The lowest BCUT2D eigenvalue weighted by molar-refractivity contribution is -0.769. The summed E-state index contributed by atoms with van der Waals surface area (Å²) < 4.78 is 0. The summed E-state index contributed by atoms with van der Waals surface area (Å²) in [5.41, 5.74) is 0. The van der Waals surface area contributed by atoms with E-state index in [4.69, 9.17) is 5.11 Å². The van der Waals surface area contributed by atoms with Gasteiger partial charge < -0.3 is 9.94 Å². The summed E-state index contributed by atoms with van der Waals surface area (Å²) in [6.45, 7) is 1.81. The van der Waals surface area contributed by atoms with E-state index in [0.717, 1.165) is 25.7 Å². The average Bonchev–Trinajstić information content (AvgIpc) is 2.09. The Bertz CT molecular complexity index is 140. The molecule has 0 fully saturated rings. The van der Waals surface area contributed by atoms with Crippen LogP contribution in [0.1, 0.15) is 39.0 Å². The minimum absolute atomic E-state index is 0.285. The zero-order valence-electron chi connectivity index (χ0n) is 7.94. The highest BCUT2D eigenvalue weighted by atomic mass is 17.0. The van der Waals surface area contributed by atoms with E-state index in [2.05, 4.69) is 11.8 Å². The predicted octanol–water partition coefficient (Wildman–Crippen LogP) is 1.53. The van der Waals surface area contributed by atoms with E-state index < -0.39 is 11.2 Å². The van der Waals surface area contributed by atoms with Crippen molar-refractivity contribution in [2.24, 2.45) is 0 Å². The third kappa shape index (κ3) is 7.52. The van der Waals surface area contributed by atoms with Gasteiger partial charge in [-0.25, -0.2) is 0 Å². The molecule has 0 spiro atoms. The van der Waals surface area contributed by atoms with Gasteiger partial charge in [0.2, 0.25) is 0 Å². The first-order valence-electron chi connectivity index (χ1n) is 4.62. The molecular weight excluding hydrogens is 174 g/mol. The molecule has 1 unspecified atom stereocenters. The second-order valence-corrected chi connectivity index (χ2v) is 2.98. The molecule has 0 rings (SSSR count). The topological polar surface area (TPSA) is 72.6 Å². The van der Waals surface area contributed by atoms with Crippen LogP contribution >= 0.6 is 0 Å². The van der Waals surface area contributed by atoms with Crippen molar-refractivity contribution in [2.45, 2.75) is 45.1 Å². The first kappa shape index (κ1) is 12.2. The minimum Gasteiger partial charge on any atom is -0.394 e. The molecule has 1 atom stereocenters. The van der Waals surface area contributed by atoms with Gasteiger partial charge in [0.15, 0.2) is 0 Å². The van der Waals surface area contributed by atoms with E-state index >= 15 is 0 Å². The molecule has 0 aromatic rings. The SMILES string of the molecule is CCCCCCC(CO)O[N+](=O)[O-]. The van der Waals surface area contributed by atoms with Crippen molar-refractivity contribution in [1.29, 1.82) is 0 Å².